The van der Waals surface area contributed by atoms with Gasteiger partial charge in [0, 0.05) is 6.54 Å². The first-order valence-electron chi connectivity index (χ1n) is 5.45. The van der Waals surface area contributed by atoms with Gasteiger partial charge in [-0.15, -0.1) is 0 Å². The molecule has 0 bridgehead atoms. The minimum absolute atomic E-state index is 0.0354. The van der Waals surface area contributed by atoms with Crippen molar-refractivity contribution in [2.45, 2.75) is 13.3 Å². The number of nitrogens with one attached hydrogen (secondary N) is 2. The molecule has 0 aromatic carbocycles. The van der Waals surface area contributed by atoms with Crippen LogP contribution in [-0.4, -0.2) is 35.1 Å². The minimum atomic E-state index is -1.21. The molecule has 1 heterocycles. The highest BCUT2D eigenvalue weighted by molar-refractivity contribution is 6.33. The van der Waals surface area contributed by atoms with Crippen molar-refractivity contribution in [1.29, 1.82) is 0 Å². The van der Waals surface area contributed by atoms with Crippen molar-refractivity contribution in [1.82, 2.24) is 10.3 Å². The Bertz CT molecular complexity index is 451. The lowest BCUT2D eigenvalue weighted by molar-refractivity contribution is -0.119. The molecule has 0 aliphatic heterocycles. The van der Waals surface area contributed by atoms with Gasteiger partial charge in [-0.25, -0.2) is 9.78 Å². The lowest BCUT2D eigenvalue weighted by Crippen LogP contribution is -2.30. The molecule has 18 heavy (non-hydrogen) atoms. The predicted octanol–water partition coefficient (Wildman–Crippen LogP) is 1.37. The first-order chi connectivity index (χ1) is 8.54. The van der Waals surface area contributed by atoms with E-state index in [2.05, 4.69) is 15.6 Å². The number of pyridine rings is 1. The lowest BCUT2D eigenvalue weighted by Gasteiger charge is -2.07. The maximum atomic E-state index is 11.3. The highest BCUT2D eigenvalue weighted by Gasteiger charge is 2.11. The number of nitrogens with zero attached hydrogens (tertiary/aromatic N) is 1. The van der Waals surface area contributed by atoms with E-state index in [-0.39, 0.29) is 23.2 Å². The van der Waals surface area contributed by atoms with Crippen LogP contribution < -0.4 is 10.6 Å². The predicted molar refractivity (Wildman–Crippen MR) is 68.0 cm³/mol. The molecule has 1 aromatic rings. The molecule has 7 heteroatoms. The van der Waals surface area contributed by atoms with Crippen molar-refractivity contribution in [2.24, 2.45) is 0 Å². The van der Waals surface area contributed by atoms with E-state index < -0.39 is 5.97 Å². The van der Waals surface area contributed by atoms with E-state index in [1.807, 2.05) is 6.92 Å². The van der Waals surface area contributed by atoms with Crippen LogP contribution in [-0.2, 0) is 4.79 Å². The Morgan fingerprint density at radius 1 is 1.44 bits per heavy atom. The monoisotopic (exact) mass is 271 g/mol. The van der Waals surface area contributed by atoms with Crippen molar-refractivity contribution in [3.8, 4) is 0 Å². The van der Waals surface area contributed by atoms with Crippen molar-refractivity contribution in [2.75, 3.05) is 18.4 Å². The summed E-state index contributed by atoms with van der Waals surface area (Å²) in [5.41, 5.74) is -0.240. The summed E-state index contributed by atoms with van der Waals surface area (Å²) in [6.45, 7) is 2.59. The summed E-state index contributed by atoms with van der Waals surface area (Å²) in [5, 5.41) is 14.3. The fraction of sp³-hybridized carbons (Fsp3) is 0.364. The van der Waals surface area contributed by atoms with Crippen LogP contribution in [0.2, 0.25) is 5.02 Å². The van der Waals surface area contributed by atoms with Gasteiger partial charge in [-0.3, -0.25) is 4.79 Å². The fourth-order valence-electron chi connectivity index (χ4n) is 1.19. The summed E-state index contributed by atoms with van der Waals surface area (Å²) in [6, 6.07) is 2.94. The molecule has 6 nitrogen and oxygen atoms in total. The van der Waals surface area contributed by atoms with Crippen molar-refractivity contribution in [3.05, 3.63) is 22.8 Å². The second kappa shape index (κ2) is 6.80. The number of anilines is 1. The Morgan fingerprint density at radius 3 is 2.78 bits per heavy atom. The van der Waals surface area contributed by atoms with Crippen molar-refractivity contribution < 1.29 is 14.7 Å². The summed E-state index contributed by atoms with van der Waals surface area (Å²) >= 11 is 5.67. The highest BCUT2D eigenvalue weighted by atomic mass is 35.5. The molecule has 1 aromatic heterocycles. The third-order valence-electron chi connectivity index (χ3n) is 2.05. The SMILES string of the molecule is CCCNC(=O)CNc1ccc(Cl)c(C(=O)O)n1. The maximum Gasteiger partial charge on any atom is 0.356 e. The number of aromatic nitrogens is 1. The van der Waals surface area contributed by atoms with E-state index in [0.717, 1.165) is 6.42 Å². The van der Waals surface area contributed by atoms with Gasteiger partial charge in [0.05, 0.1) is 11.6 Å². The highest BCUT2D eigenvalue weighted by Crippen LogP contribution is 2.16. The first-order valence-corrected chi connectivity index (χ1v) is 5.82. The van der Waals surface area contributed by atoms with Gasteiger partial charge in [0.1, 0.15) is 5.82 Å². The summed E-state index contributed by atoms with van der Waals surface area (Å²) < 4.78 is 0. The third-order valence-corrected chi connectivity index (χ3v) is 2.36. The Balaban J connectivity index is 2.60. The van der Waals surface area contributed by atoms with Gasteiger partial charge in [-0.1, -0.05) is 18.5 Å². The van der Waals surface area contributed by atoms with E-state index >= 15 is 0 Å². The fourth-order valence-corrected chi connectivity index (χ4v) is 1.37. The molecule has 0 saturated heterocycles. The van der Waals surface area contributed by atoms with Gasteiger partial charge in [0.15, 0.2) is 5.69 Å². The van der Waals surface area contributed by atoms with E-state index in [4.69, 9.17) is 16.7 Å². The van der Waals surface area contributed by atoms with Gasteiger partial charge in [-0.2, -0.15) is 0 Å². The quantitative estimate of drug-likeness (QED) is 0.727. The molecule has 0 saturated carbocycles. The molecule has 3 N–H and O–H groups in total. The van der Waals surface area contributed by atoms with Gasteiger partial charge < -0.3 is 15.7 Å². The number of amides is 1. The lowest BCUT2D eigenvalue weighted by atomic mass is 10.3. The Kier molecular flexibility index (Phi) is 5.38. The summed E-state index contributed by atoms with van der Waals surface area (Å²) in [5.74, 6) is -1.09. The van der Waals surface area contributed by atoms with Crippen molar-refractivity contribution in [3.63, 3.8) is 0 Å². The number of hydrogen-bond donors (Lipinski definition) is 3. The average molecular weight is 272 g/mol. The number of carbonyl (C=O) groups is 2. The topological polar surface area (TPSA) is 91.3 Å². The third kappa shape index (κ3) is 4.21. The molecule has 0 spiro atoms. The number of carboxylic acid groups (broad SMARTS) is 1. The molecule has 98 valence electrons. The number of carbonyl (C=O) groups excluding carboxylic acids is 1. The summed E-state index contributed by atoms with van der Waals surface area (Å²) in [6.07, 6.45) is 0.855. The average Bonchev–Trinajstić information content (AvgIpc) is 2.35. The van der Waals surface area contributed by atoms with E-state index in [1.165, 1.54) is 12.1 Å². The zero-order chi connectivity index (χ0) is 13.5. The standard InChI is InChI=1S/C11H14ClN3O3/c1-2-5-13-9(16)6-14-8-4-3-7(12)10(15-8)11(17)18/h3-4H,2,5-6H2,1H3,(H,13,16)(H,14,15)(H,17,18). The Morgan fingerprint density at radius 2 is 2.17 bits per heavy atom. The molecular weight excluding hydrogens is 258 g/mol. The minimum Gasteiger partial charge on any atom is -0.476 e. The molecule has 1 amide bonds. The largest absolute Gasteiger partial charge is 0.476 e. The van der Waals surface area contributed by atoms with Crippen LogP contribution in [0.1, 0.15) is 23.8 Å². The number of rotatable bonds is 6. The molecule has 1 rings (SSSR count). The van der Waals surface area contributed by atoms with Gasteiger partial charge in [0.2, 0.25) is 5.91 Å². The van der Waals surface area contributed by atoms with Crippen LogP contribution in [0.4, 0.5) is 5.82 Å². The molecule has 0 radical (unpaired) electrons. The van der Waals surface area contributed by atoms with E-state index in [9.17, 15) is 9.59 Å². The summed E-state index contributed by atoms with van der Waals surface area (Å²) in [7, 11) is 0. The molecular formula is C11H14ClN3O3. The normalized spacial score (nSPS) is 9.89. The molecule has 0 aliphatic rings. The van der Waals surface area contributed by atoms with Gasteiger partial charge >= 0.3 is 5.97 Å². The molecule has 0 aliphatic carbocycles. The van der Waals surface area contributed by atoms with Crippen LogP contribution in [0.15, 0.2) is 12.1 Å². The van der Waals surface area contributed by atoms with Crippen LogP contribution in [0, 0.1) is 0 Å². The van der Waals surface area contributed by atoms with Crippen molar-refractivity contribution >= 4 is 29.3 Å². The number of carboxylic acids is 1. The van der Waals surface area contributed by atoms with E-state index in [0.29, 0.717) is 12.4 Å². The zero-order valence-electron chi connectivity index (χ0n) is 9.86. The van der Waals surface area contributed by atoms with Crippen LogP contribution in [0.5, 0.6) is 0 Å². The van der Waals surface area contributed by atoms with Gasteiger partial charge in [0.25, 0.3) is 0 Å². The Hall–Kier alpha value is -1.82. The van der Waals surface area contributed by atoms with Crippen LogP contribution >= 0.6 is 11.6 Å². The molecule has 0 fully saturated rings. The number of halogens is 1. The van der Waals surface area contributed by atoms with Gasteiger partial charge in [-0.05, 0) is 18.6 Å². The van der Waals surface area contributed by atoms with E-state index in [1.54, 1.807) is 0 Å². The smallest absolute Gasteiger partial charge is 0.356 e. The Labute approximate surface area is 109 Å². The zero-order valence-corrected chi connectivity index (χ0v) is 10.6. The second-order valence-corrected chi connectivity index (χ2v) is 3.94. The number of aromatic carboxylic acids is 1. The number of hydrogen-bond acceptors (Lipinski definition) is 4. The second-order valence-electron chi connectivity index (χ2n) is 3.54. The first kappa shape index (κ1) is 14.2. The molecule has 0 unspecified atom stereocenters. The molecule has 0 atom stereocenters. The summed E-state index contributed by atoms with van der Waals surface area (Å²) in [4.78, 5) is 25.9. The van der Waals surface area contributed by atoms with Crippen LogP contribution in [0.25, 0.3) is 0 Å². The maximum absolute atomic E-state index is 11.3. The van der Waals surface area contributed by atoms with Crippen LogP contribution in [0.3, 0.4) is 0 Å².